The van der Waals surface area contributed by atoms with Crippen LogP contribution in [0, 0.1) is 0 Å². The smallest absolute Gasteiger partial charge is 0.330 e. The van der Waals surface area contributed by atoms with Crippen molar-refractivity contribution in [2.45, 2.75) is 26.4 Å². The van der Waals surface area contributed by atoms with Crippen LogP contribution in [0.4, 0.5) is 0 Å². The molecular formula is C21H24ClN5O5. The average Bonchev–Trinajstić information content (AvgIpc) is 3.41. The lowest BCUT2D eigenvalue weighted by molar-refractivity contribution is 0.0365. The number of nitrogens with zero attached hydrogens (tertiary/aromatic N) is 4. The molecule has 1 fully saturated rings. The summed E-state index contributed by atoms with van der Waals surface area (Å²) in [5.74, 6) is 1.57. The van der Waals surface area contributed by atoms with Crippen LogP contribution in [0.15, 0.2) is 21.7 Å². The van der Waals surface area contributed by atoms with Crippen LogP contribution < -0.4 is 20.7 Å². The minimum Gasteiger partial charge on any atom is -0.454 e. The van der Waals surface area contributed by atoms with Crippen molar-refractivity contribution in [2.24, 2.45) is 0 Å². The van der Waals surface area contributed by atoms with Gasteiger partial charge in [-0.3, -0.25) is 19.2 Å². The molecule has 0 saturated carbocycles. The van der Waals surface area contributed by atoms with Gasteiger partial charge in [0.1, 0.15) is 5.82 Å². The number of fused-ring (bicyclic) bond motifs is 2. The summed E-state index contributed by atoms with van der Waals surface area (Å²) >= 11 is 6.42. The van der Waals surface area contributed by atoms with Crippen LogP contribution in [-0.4, -0.2) is 63.6 Å². The van der Waals surface area contributed by atoms with E-state index in [9.17, 15) is 9.59 Å². The first-order chi connectivity index (χ1) is 15.6. The molecule has 32 heavy (non-hydrogen) atoms. The summed E-state index contributed by atoms with van der Waals surface area (Å²) < 4.78 is 19.8. The van der Waals surface area contributed by atoms with Gasteiger partial charge in [0.05, 0.1) is 18.2 Å². The molecular weight excluding hydrogens is 438 g/mol. The maximum Gasteiger partial charge on any atom is 0.330 e. The third-order valence-electron chi connectivity index (χ3n) is 5.76. The molecule has 0 spiro atoms. The number of morpholine rings is 1. The minimum atomic E-state index is -0.461. The number of imidazole rings is 1. The highest BCUT2D eigenvalue weighted by Gasteiger charge is 2.24. The zero-order valence-electron chi connectivity index (χ0n) is 17.7. The minimum absolute atomic E-state index is 0.0989. The number of hydrogen-bond acceptors (Lipinski definition) is 7. The van der Waals surface area contributed by atoms with E-state index in [1.165, 1.54) is 4.57 Å². The van der Waals surface area contributed by atoms with Crippen molar-refractivity contribution in [3.63, 3.8) is 0 Å². The van der Waals surface area contributed by atoms with Crippen molar-refractivity contribution in [2.75, 3.05) is 39.6 Å². The standard InChI is InChI=1S/C21H24ClN5O5/c1-2-3-27-19-16(20(28)24-21(27)29)26(5-4-25-6-8-30-9-7-25)18(23-19)13-10-14(22)17-15(11-13)31-12-32-17/h10-11H,2-9,12H2,1H3,(H,24,28,29). The molecule has 5 rings (SSSR count). The lowest BCUT2D eigenvalue weighted by atomic mass is 10.2. The fourth-order valence-electron chi connectivity index (χ4n) is 4.20. The second kappa shape index (κ2) is 8.61. The molecule has 1 N–H and O–H groups in total. The van der Waals surface area contributed by atoms with Crippen LogP contribution in [0.5, 0.6) is 11.5 Å². The number of nitrogens with one attached hydrogen (secondary N) is 1. The van der Waals surface area contributed by atoms with Gasteiger partial charge < -0.3 is 18.8 Å². The van der Waals surface area contributed by atoms with E-state index in [-0.39, 0.29) is 6.79 Å². The lowest BCUT2D eigenvalue weighted by Gasteiger charge is -2.26. The zero-order chi connectivity index (χ0) is 22.2. The first kappa shape index (κ1) is 21.0. The van der Waals surface area contributed by atoms with E-state index in [2.05, 4.69) is 9.88 Å². The highest BCUT2D eigenvalue weighted by atomic mass is 35.5. The van der Waals surface area contributed by atoms with Crippen molar-refractivity contribution in [3.05, 3.63) is 38.0 Å². The van der Waals surface area contributed by atoms with Crippen LogP contribution in [0.25, 0.3) is 22.6 Å². The van der Waals surface area contributed by atoms with Gasteiger partial charge in [-0.1, -0.05) is 18.5 Å². The average molecular weight is 462 g/mol. The molecule has 2 aliphatic heterocycles. The van der Waals surface area contributed by atoms with Crippen molar-refractivity contribution < 1.29 is 14.2 Å². The van der Waals surface area contributed by atoms with Crippen LogP contribution in [0.1, 0.15) is 13.3 Å². The molecule has 4 heterocycles. The lowest BCUT2D eigenvalue weighted by Crippen LogP contribution is -2.38. The van der Waals surface area contributed by atoms with Crippen molar-refractivity contribution >= 4 is 22.8 Å². The molecule has 2 aliphatic rings. The summed E-state index contributed by atoms with van der Waals surface area (Å²) in [4.78, 5) is 34.9. The maximum absolute atomic E-state index is 12.9. The van der Waals surface area contributed by atoms with Crippen LogP contribution >= 0.6 is 11.6 Å². The van der Waals surface area contributed by atoms with Crippen LogP contribution in [-0.2, 0) is 17.8 Å². The van der Waals surface area contributed by atoms with Gasteiger partial charge in [-0.2, -0.15) is 0 Å². The highest BCUT2D eigenvalue weighted by molar-refractivity contribution is 6.32. The van der Waals surface area contributed by atoms with Crippen LogP contribution in [0.3, 0.4) is 0 Å². The van der Waals surface area contributed by atoms with Crippen molar-refractivity contribution in [1.29, 1.82) is 0 Å². The fraction of sp³-hybridized carbons (Fsp3) is 0.476. The third kappa shape index (κ3) is 3.68. The topological polar surface area (TPSA) is 104 Å². The van der Waals surface area contributed by atoms with E-state index in [0.29, 0.717) is 71.9 Å². The van der Waals surface area contributed by atoms with E-state index in [4.69, 9.17) is 30.8 Å². The Morgan fingerprint density at radius 2 is 1.91 bits per heavy atom. The zero-order valence-corrected chi connectivity index (χ0v) is 18.5. The third-order valence-corrected chi connectivity index (χ3v) is 6.04. The summed E-state index contributed by atoms with van der Waals surface area (Å²) in [6, 6.07) is 3.55. The monoisotopic (exact) mass is 461 g/mol. The molecule has 1 saturated heterocycles. The first-order valence-electron chi connectivity index (χ1n) is 10.7. The Morgan fingerprint density at radius 1 is 1.09 bits per heavy atom. The van der Waals surface area contributed by atoms with Crippen molar-refractivity contribution in [3.8, 4) is 22.9 Å². The van der Waals surface area contributed by atoms with Gasteiger partial charge in [-0.25, -0.2) is 9.78 Å². The SMILES string of the molecule is CCCn1c(=O)[nH]c(=O)c2c1nc(-c1cc(Cl)c3c(c1)OCO3)n2CCN1CCOCC1. The normalized spacial score (nSPS) is 16.2. The Balaban J connectivity index is 1.67. The molecule has 170 valence electrons. The Morgan fingerprint density at radius 3 is 2.69 bits per heavy atom. The number of aromatic nitrogens is 4. The second-order valence-electron chi connectivity index (χ2n) is 7.82. The van der Waals surface area contributed by atoms with Crippen LogP contribution in [0.2, 0.25) is 5.02 Å². The number of ether oxygens (including phenoxy) is 3. The number of halogens is 1. The van der Waals surface area contributed by atoms with Gasteiger partial charge in [-0.15, -0.1) is 0 Å². The van der Waals surface area contributed by atoms with Gasteiger partial charge in [0.2, 0.25) is 6.79 Å². The summed E-state index contributed by atoms with van der Waals surface area (Å²) in [5, 5.41) is 0.404. The van der Waals surface area contributed by atoms with Gasteiger partial charge >= 0.3 is 5.69 Å². The van der Waals surface area contributed by atoms with E-state index in [1.807, 2.05) is 11.5 Å². The van der Waals surface area contributed by atoms with Gasteiger partial charge in [-0.05, 0) is 18.6 Å². The summed E-state index contributed by atoms with van der Waals surface area (Å²) in [6.07, 6.45) is 0.729. The molecule has 0 amide bonds. The summed E-state index contributed by atoms with van der Waals surface area (Å²) in [7, 11) is 0. The number of H-pyrrole nitrogens is 1. The Hall–Kier alpha value is -2.82. The van der Waals surface area contributed by atoms with Gasteiger partial charge in [0, 0.05) is 38.3 Å². The molecule has 0 radical (unpaired) electrons. The molecule has 0 aliphatic carbocycles. The largest absolute Gasteiger partial charge is 0.454 e. The molecule has 2 aromatic heterocycles. The van der Waals surface area contributed by atoms with Crippen molar-refractivity contribution in [1.82, 2.24) is 24.0 Å². The Kier molecular flexibility index (Phi) is 5.66. The first-order valence-corrected chi connectivity index (χ1v) is 11.1. The molecule has 11 heteroatoms. The predicted octanol–water partition coefficient (Wildman–Crippen LogP) is 1.68. The quantitative estimate of drug-likeness (QED) is 0.595. The number of rotatable bonds is 6. The molecule has 1 aromatic carbocycles. The molecule has 0 atom stereocenters. The molecule has 10 nitrogen and oxygen atoms in total. The summed E-state index contributed by atoms with van der Waals surface area (Å²) in [5.41, 5.74) is 0.510. The highest BCUT2D eigenvalue weighted by Crippen LogP contribution is 2.42. The molecule has 3 aromatic rings. The maximum atomic E-state index is 12.9. The Labute approximate surface area is 188 Å². The number of benzene rings is 1. The van der Waals surface area contributed by atoms with Gasteiger partial charge in [0.15, 0.2) is 22.7 Å². The molecule has 0 bridgehead atoms. The molecule has 0 unspecified atom stereocenters. The van der Waals surface area contributed by atoms with E-state index >= 15 is 0 Å². The van der Waals surface area contributed by atoms with E-state index in [1.54, 1.807) is 12.1 Å². The predicted molar refractivity (Wildman–Crippen MR) is 119 cm³/mol. The van der Waals surface area contributed by atoms with E-state index < -0.39 is 11.2 Å². The summed E-state index contributed by atoms with van der Waals surface area (Å²) in [6.45, 7) is 6.78. The number of aromatic amines is 1. The Bertz CT molecular complexity index is 1270. The number of hydrogen-bond donors (Lipinski definition) is 1. The van der Waals surface area contributed by atoms with E-state index in [0.717, 1.165) is 19.5 Å². The fourth-order valence-corrected chi connectivity index (χ4v) is 4.47. The number of aryl methyl sites for hydroxylation is 1. The second-order valence-corrected chi connectivity index (χ2v) is 8.22. The van der Waals surface area contributed by atoms with Gasteiger partial charge in [0.25, 0.3) is 5.56 Å².